The highest BCUT2D eigenvalue weighted by molar-refractivity contribution is 5.88. The van der Waals surface area contributed by atoms with E-state index in [4.69, 9.17) is 0 Å². The molecule has 4 atom stereocenters. The van der Waals surface area contributed by atoms with Crippen LogP contribution in [0.2, 0.25) is 0 Å². The number of ketones is 1. The van der Waals surface area contributed by atoms with Gasteiger partial charge in [0, 0.05) is 18.5 Å². The van der Waals surface area contributed by atoms with Crippen LogP contribution in [-0.2, 0) is 4.79 Å². The van der Waals surface area contributed by atoms with Gasteiger partial charge in [-0.05, 0) is 36.8 Å². The number of rotatable bonds is 3. The molecule has 126 valence electrons. The number of nitrogens with zero attached hydrogens (tertiary/aromatic N) is 1. The highest BCUT2D eigenvalue weighted by Crippen LogP contribution is 2.47. The number of hydrogen-bond acceptors (Lipinski definition) is 2. The minimum Gasteiger partial charge on any atom is -0.299 e. The van der Waals surface area contributed by atoms with E-state index in [9.17, 15) is 18.0 Å². The molecule has 1 aromatic carbocycles. The zero-order valence-electron chi connectivity index (χ0n) is 13.2. The number of alkyl halides is 3. The van der Waals surface area contributed by atoms with Crippen LogP contribution in [-0.4, -0.2) is 36.0 Å². The van der Waals surface area contributed by atoms with Crippen molar-refractivity contribution in [3.63, 3.8) is 0 Å². The Balaban J connectivity index is 2.04. The maximum absolute atomic E-state index is 13.2. The molecule has 0 aliphatic carbocycles. The Morgan fingerprint density at radius 3 is 2.57 bits per heavy atom. The van der Waals surface area contributed by atoms with Gasteiger partial charge in [0.1, 0.15) is 0 Å². The van der Waals surface area contributed by atoms with Crippen LogP contribution in [0, 0.1) is 11.8 Å². The van der Waals surface area contributed by atoms with Gasteiger partial charge in [-0.25, -0.2) is 0 Å². The fraction of sp³-hybridized carbons (Fsp3) is 0.611. The molecule has 2 aliphatic rings. The van der Waals surface area contributed by atoms with Crippen LogP contribution >= 0.6 is 0 Å². The van der Waals surface area contributed by atoms with Gasteiger partial charge in [0.2, 0.25) is 5.78 Å². The average molecular weight is 325 g/mol. The smallest absolute Gasteiger partial charge is 0.299 e. The Morgan fingerprint density at radius 1 is 1.26 bits per heavy atom. The molecular formula is C18H22F3NO. The first-order valence-electron chi connectivity index (χ1n) is 8.33. The standard InChI is InChI=1S/C18H22F3NO/c1-2-12-11-22-10-6-9-14(22)16(17(23)18(19,20)21)15(12)13-7-4-3-5-8-13/h3-5,7-8,12,14-16H,2,6,9-11H2,1H3. The molecule has 2 heterocycles. The van der Waals surface area contributed by atoms with Gasteiger partial charge in [-0.1, -0.05) is 43.7 Å². The van der Waals surface area contributed by atoms with Crippen LogP contribution in [0.15, 0.2) is 30.3 Å². The van der Waals surface area contributed by atoms with E-state index in [2.05, 4.69) is 4.90 Å². The summed E-state index contributed by atoms with van der Waals surface area (Å²) >= 11 is 0. The van der Waals surface area contributed by atoms with Crippen molar-refractivity contribution in [3.05, 3.63) is 35.9 Å². The van der Waals surface area contributed by atoms with Gasteiger partial charge in [-0.2, -0.15) is 13.2 Å². The predicted octanol–water partition coefficient (Wildman–Crippen LogP) is 4.02. The lowest BCUT2D eigenvalue weighted by Crippen LogP contribution is -2.54. The van der Waals surface area contributed by atoms with E-state index >= 15 is 0 Å². The third kappa shape index (κ3) is 3.03. The van der Waals surface area contributed by atoms with Crippen molar-refractivity contribution in [1.82, 2.24) is 4.90 Å². The molecule has 0 saturated carbocycles. The largest absolute Gasteiger partial charge is 0.450 e. The molecule has 5 heteroatoms. The molecule has 1 aromatic rings. The SMILES string of the molecule is CCC1CN2CCCC2C(C(=O)C(F)(F)F)C1c1ccccc1. The van der Waals surface area contributed by atoms with Gasteiger partial charge in [0.15, 0.2) is 0 Å². The van der Waals surface area contributed by atoms with Crippen LogP contribution in [0.25, 0.3) is 0 Å². The molecule has 3 rings (SSSR count). The number of benzene rings is 1. The number of hydrogen-bond donors (Lipinski definition) is 0. The Labute approximate surface area is 134 Å². The van der Waals surface area contributed by atoms with E-state index in [1.807, 2.05) is 37.3 Å². The summed E-state index contributed by atoms with van der Waals surface area (Å²) in [4.78, 5) is 14.4. The highest BCUT2D eigenvalue weighted by Gasteiger charge is 2.55. The number of fused-ring (bicyclic) bond motifs is 1. The normalized spacial score (nSPS) is 31.8. The quantitative estimate of drug-likeness (QED) is 0.836. The summed E-state index contributed by atoms with van der Waals surface area (Å²) in [7, 11) is 0. The van der Waals surface area contributed by atoms with Crippen LogP contribution in [0.3, 0.4) is 0 Å². The Morgan fingerprint density at radius 2 is 1.96 bits per heavy atom. The summed E-state index contributed by atoms with van der Waals surface area (Å²) in [5.41, 5.74) is 0.869. The maximum atomic E-state index is 13.2. The molecule has 0 aromatic heterocycles. The van der Waals surface area contributed by atoms with Gasteiger partial charge in [-0.3, -0.25) is 9.69 Å². The molecule has 0 amide bonds. The van der Waals surface area contributed by atoms with Crippen LogP contribution < -0.4 is 0 Å². The molecule has 4 unspecified atom stereocenters. The van der Waals surface area contributed by atoms with Crippen molar-refractivity contribution < 1.29 is 18.0 Å². The lowest BCUT2D eigenvalue weighted by atomic mass is 9.67. The molecule has 0 spiro atoms. The van der Waals surface area contributed by atoms with Gasteiger partial charge in [0.25, 0.3) is 0 Å². The molecule has 2 nitrogen and oxygen atoms in total. The minimum atomic E-state index is -4.76. The second kappa shape index (κ2) is 6.27. The van der Waals surface area contributed by atoms with E-state index < -0.39 is 17.9 Å². The summed E-state index contributed by atoms with van der Waals surface area (Å²) in [6, 6.07) is 9.02. The lowest BCUT2D eigenvalue weighted by molar-refractivity contribution is -0.180. The summed E-state index contributed by atoms with van der Waals surface area (Å²) in [5, 5.41) is 0. The monoisotopic (exact) mass is 325 g/mol. The molecule has 0 radical (unpaired) electrons. The zero-order valence-corrected chi connectivity index (χ0v) is 13.2. The van der Waals surface area contributed by atoms with Gasteiger partial charge in [-0.15, -0.1) is 0 Å². The van der Waals surface area contributed by atoms with Gasteiger partial charge >= 0.3 is 6.18 Å². The van der Waals surface area contributed by atoms with Crippen molar-refractivity contribution in [2.45, 2.75) is 44.3 Å². The average Bonchev–Trinajstić information content (AvgIpc) is 3.00. The first-order valence-corrected chi connectivity index (χ1v) is 8.33. The Hall–Kier alpha value is -1.36. The summed E-state index contributed by atoms with van der Waals surface area (Å²) in [5.74, 6) is -2.77. The molecule has 0 bridgehead atoms. The minimum absolute atomic E-state index is 0.0862. The molecule has 2 aliphatic heterocycles. The van der Waals surface area contributed by atoms with Crippen LogP contribution in [0.4, 0.5) is 13.2 Å². The van der Waals surface area contributed by atoms with Crippen LogP contribution in [0.5, 0.6) is 0 Å². The van der Waals surface area contributed by atoms with E-state index in [-0.39, 0.29) is 17.9 Å². The van der Waals surface area contributed by atoms with Crippen molar-refractivity contribution in [3.8, 4) is 0 Å². The Kier molecular flexibility index (Phi) is 4.50. The molecule has 23 heavy (non-hydrogen) atoms. The number of carbonyl (C=O) groups is 1. The fourth-order valence-electron chi connectivity index (χ4n) is 4.50. The first-order chi connectivity index (χ1) is 10.9. The van der Waals surface area contributed by atoms with E-state index in [0.717, 1.165) is 31.5 Å². The summed E-state index contributed by atoms with van der Waals surface area (Å²) in [6.07, 6.45) is -2.41. The topological polar surface area (TPSA) is 20.3 Å². The maximum Gasteiger partial charge on any atom is 0.450 e. The van der Waals surface area contributed by atoms with Crippen molar-refractivity contribution >= 4 is 5.78 Å². The number of carbonyl (C=O) groups excluding carboxylic acids is 1. The Bertz CT molecular complexity index is 557. The number of halogens is 3. The second-order valence-corrected chi connectivity index (χ2v) is 6.70. The number of Topliss-reactive ketones (excluding diaryl/α,β-unsaturated/α-hetero) is 1. The lowest BCUT2D eigenvalue weighted by Gasteiger charge is -2.46. The first kappa shape index (κ1) is 16.5. The third-order valence-corrected chi connectivity index (χ3v) is 5.48. The van der Waals surface area contributed by atoms with E-state index in [0.29, 0.717) is 6.42 Å². The molecule has 2 saturated heterocycles. The van der Waals surface area contributed by atoms with Crippen molar-refractivity contribution in [1.29, 1.82) is 0 Å². The van der Waals surface area contributed by atoms with Gasteiger partial charge in [0.05, 0.1) is 0 Å². The second-order valence-electron chi connectivity index (χ2n) is 6.70. The zero-order chi connectivity index (χ0) is 16.6. The van der Waals surface area contributed by atoms with Crippen molar-refractivity contribution in [2.75, 3.05) is 13.1 Å². The van der Waals surface area contributed by atoms with Crippen molar-refractivity contribution in [2.24, 2.45) is 11.8 Å². The van der Waals surface area contributed by atoms with Crippen LogP contribution in [0.1, 0.15) is 37.7 Å². The van der Waals surface area contributed by atoms with Gasteiger partial charge < -0.3 is 0 Å². The number of piperidine rings is 1. The molecule has 0 N–H and O–H groups in total. The predicted molar refractivity (Wildman–Crippen MR) is 82.1 cm³/mol. The molecular weight excluding hydrogens is 303 g/mol. The summed E-state index contributed by atoms with van der Waals surface area (Å²) in [6.45, 7) is 3.61. The summed E-state index contributed by atoms with van der Waals surface area (Å²) < 4.78 is 39.7. The van der Waals surface area contributed by atoms with E-state index in [1.54, 1.807) is 0 Å². The van der Waals surface area contributed by atoms with E-state index in [1.165, 1.54) is 0 Å². The highest BCUT2D eigenvalue weighted by atomic mass is 19.4. The fourth-order valence-corrected chi connectivity index (χ4v) is 4.50. The third-order valence-electron chi connectivity index (χ3n) is 5.48. The molecule has 2 fully saturated rings.